The van der Waals surface area contributed by atoms with Crippen LogP contribution >= 0.6 is 0 Å². The highest BCUT2D eigenvalue weighted by atomic mass is 16.3. The second-order valence-electron chi connectivity index (χ2n) is 4.75. The second-order valence-corrected chi connectivity index (χ2v) is 4.75. The lowest BCUT2D eigenvalue weighted by Gasteiger charge is -2.06. The van der Waals surface area contributed by atoms with E-state index in [9.17, 15) is 5.26 Å². The summed E-state index contributed by atoms with van der Waals surface area (Å²) in [5.74, 6) is 1.12. The third-order valence-corrected chi connectivity index (χ3v) is 3.43. The van der Waals surface area contributed by atoms with E-state index in [1.807, 2.05) is 36.4 Å². The van der Waals surface area contributed by atoms with Crippen molar-refractivity contribution in [3.05, 3.63) is 66.6 Å². The van der Waals surface area contributed by atoms with Gasteiger partial charge in [-0.2, -0.15) is 5.26 Å². The molecule has 0 amide bonds. The summed E-state index contributed by atoms with van der Waals surface area (Å²) < 4.78 is 7.58. The lowest BCUT2D eigenvalue weighted by Crippen LogP contribution is -2.03. The summed E-state index contributed by atoms with van der Waals surface area (Å²) >= 11 is 0. The van der Waals surface area contributed by atoms with Crippen molar-refractivity contribution in [3.63, 3.8) is 0 Å². The van der Waals surface area contributed by atoms with Crippen LogP contribution in [0, 0.1) is 11.3 Å². The molecule has 0 aliphatic rings. The fourth-order valence-electron chi connectivity index (χ4n) is 2.45. The molecule has 0 fully saturated rings. The molecular formula is C17H10N4O. The van der Waals surface area contributed by atoms with E-state index in [1.54, 1.807) is 29.1 Å². The lowest BCUT2D eigenvalue weighted by atomic mass is 10.2. The van der Waals surface area contributed by atoms with E-state index < -0.39 is 0 Å². The summed E-state index contributed by atoms with van der Waals surface area (Å²) in [6.07, 6.45) is 3.29. The molecule has 22 heavy (non-hydrogen) atoms. The molecule has 0 N–H and O–H groups in total. The van der Waals surface area contributed by atoms with Gasteiger partial charge in [0.2, 0.25) is 5.95 Å². The predicted octanol–water partition coefficient (Wildman–Crippen LogP) is 3.55. The SMILES string of the molecule is N#Cc1ccc(-c2cc3ccccc3o2)n1-c1ncccn1. The first-order valence-electron chi connectivity index (χ1n) is 6.75. The van der Waals surface area contributed by atoms with Crippen LogP contribution in [-0.2, 0) is 0 Å². The third kappa shape index (κ3) is 1.86. The first-order chi connectivity index (χ1) is 10.9. The number of hydrogen-bond donors (Lipinski definition) is 0. The topological polar surface area (TPSA) is 67.6 Å². The molecule has 0 spiro atoms. The van der Waals surface area contributed by atoms with E-state index in [0.29, 0.717) is 17.4 Å². The number of hydrogen-bond acceptors (Lipinski definition) is 4. The van der Waals surface area contributed by atoms with Crippen molar-refractivity contribution in [2.75, 3.05) is 0 Å². The van der Waals surface area contributed by atoms with Crippen molar-refractivity contribution in [1.29, 1.82) is 5.26 Å². The number of benzene rings is 1. The Morgan fingerprint density at radius 3 is 2.59 bits per heavy atom. The van der Waals surface area contributed by atoms with Crippen molar-refractivity contribution in [1.82, 2.24) is 14.5 Å². The summed E-state index contributed by atoms with van der Waals surface area (Å²) in [5, 5.41) is 10.3. The Bertz CT molecular complexity index is 959. The molecule has 0 bridgehead atoms. The second kappa shape index (κ2) is 4.86. The summed E-state index contributed by atoms with van der Waals surface area (Å²) in [6.45, 7) is 0. The Kier molecular flexibility index (Phi) is 2.73. The van der Waals surface area contributed by atoms with E-state index in [0.717, 1.165) is 16.7 Å². The molecule has 3 aromatic heterocycles. The molecule has 0 atom stereocenters. The molecule has 0 aliphatic carbocycles. The summed E-state index contributed by atoms with van der Waals surface area (Å²) in [4.78, 5) is 8.46. The number of aromatic nitrogens is 3. The molecule has 104 valence electrons. The standard InChI is InChI=1S/C17H10N4O/c18-11-13-6-7-14(21(13)17-19-8-3-9-20-17)16-10-12-4-1-2-5-15(12)22-16/h1-10H. The van der Waals surface area contributed by atoms with Gasteiger partial charge >= 0.3 is 0 Å². The van der Waals surface area contributed by atoms with Gasteiger partial charge in [-0.3, -0.25) is 4.57 Å². The fraction of sp³-hybridized carbons (Fsp3) is 0. The number of furan rings is 1. The van der Waals surface area contributed by atoms with Crippen molar-refractivity contribution >= 4 is 11.0 Å². The van der Waals surface area contributed by atoms with Crippen molar-refractivity contribution in [2.24, 2.45) is 0 Å². The van der Waals surface area contributed by atoms with Gasteiger partial charge in [-0.1, -0.05) is 18.2 Å². The van der Waals surface area contributed by atoms with Crippen LogP contribution in [0.15, 0.2) is 65.3 Å². The maximum atomic E-state index is 9.32. The van der Waals surface area contributed by atoms with Gasteiger partial charge in [-0.15, -0.1) is 0 Å². The third-order valence-electron chi connectivity index (χ3n) is 3.43. The average Bonchev–Trinajstić information content (AvgIpc) is 3.18. The largest absolute Gasteiger partial charge is 0.455 e. The van der Waals surface area contributed by atoms with Crippen molar-refractivity contribution < 1.29 is 4.42 Å². The molecule has 0 aliphatic heterocycles. The van der Waals surface area contributed by atoms with Crippen LogP contribution in [0.4, 0.5) is 0 Å². The first-order valence-corrected chi connectivity index (χ1v) is 6.75. The van der Waals surface area contributed by atoms with Crippen LogP contribution in [0.2, 0.25) is 0 Å². The van der Waals surface area contributed by atoms with Crippen LogP contribution in [0.3, 0.4) is 0 Å². The highest BCUT2D eigenvalue weighted by Crippen LogP contribution is 2.30. The zero-order chi connectivity index (χ0) is 14.9. The predicted molar refractivity (Wildman–Crippen MR) is 81.3 cm³/mol. The Morgan fingerprint density at radius 2 is 1.82 bits per heavy atom. The number of rotatable bonds is 2. The molecule has 0 saturated heterocycles. The van der Waals surface area contributed by atoms with Crippen LogP contribution in [0.25, 0.3) is 28.4 Å². The minimum atomic E-state index is 0.444. The maximum absolute atomic E-state index is 9.32. The van der Waals surface area contributed by atoms with Crippen molar-refractivity contribution in [2.45, 2.75) is 0 Å². The first kappa shape index (κ1) is 12.4. The average molecular weight is 286 g/mol. The monoisotopic (exact) mass is 286 g/mol. The minimum absolute atomic E-state index is 0.444. The molecule has 5 heteroatoms. The van der Waals surface area contributed by atoms with Crippen molar-refractivity contribution in [3.8, 4) is 23.5 Å². The minimum Gasteiger partial charge on any atom is -0.455 e. The van der Waals surface area contributed by atoms with Gasteiger partial charge < -0.3 is 4.42 Å². The Morgan fingerprint density at radius 1 is 1.00 bits per heavy atom. The van der Waals surface area contributed by atoms with Crippen LogP contribution < -0.4 is 0 Å². The lowest BCUT2D eigenvalue weighted by molar-refractivity contribution is 0.625. The van der Waals surface area contributed by atoms with Gasteiger partial charge in [0.05, 0.1) is 5.69 Å². The smallest absolute Gasteiger partial charge is 0.235 e. The zero-order valence-electron chi connectivity index (χ0n) is 11.5. The van der Waals surface area contributed by atoms with Gasteiger partial charge in [0.15, 0.2) is 5.76 Å². The van der Waals surface area contributed by atoms with Gasteiger partial charge in [0.1, 0.15) is 17.3 Å². The van der Waals surface area contributed by atoms with Crippen LogP contribution in [-0.4, -0.2) is 14.5 Å². The molecule has 0 unspecified atom stereocenters. The maximum Gasteiger partial charge on any atom is 0.235 e. The molecule has 5 nitrogen and oxygen atoms in total. The zero-order valence-corrected chi connectivity index (χ0v) is 11.5. The summed E-state index contributed by atoms with van der Waals surface area (Å²) in [5.41, 5.74) is 2.01. The Labute approximate surface area is 126 Å². The number of nitriles is 1. The Hall–Kier alpha value is -3.39. The molecule has 4 aromatic rings. The number of para-hydroxylation sites is 1. The van der Waals surface area contributed by atoms with E-state index in [4.69, 9.17) is 4.42 Å². The quantitative estimate of drug-likeness (QED) is 0.565. The van der Waals surface area contributed by atoms with Crippen LogP contribution in [0.5, 0.6) is 0 Å². The van der Waals surface area contributed by atoms with Gasteiger partial charge in [0, 0.05) is 17.8 Å². The molecule has 4 rings (SSSR count). The number of nitrogens with zero attached hydrogens (tertiary/aromatic N) is 4. The van der Waals surface area contributed by atoms with Crippen LogP contribution in [0.1, 0.15) is 5.69 Å². The molecule has 3 heterocycles. The van der Waals surface area contributed by atoms with E-state index >= 15 is 0 Å². The molecule has 0 radical (unpaired) electrons. The summed E-state index contributed by atoms with van der Waals surface area (Å²) in [7, 11) is 0. The Balaban J connectivity index is 1.96. The van der Waals surface area contributed by atoms with E-state index in [1.165, 1.54) is 0 Å². The molecule has 1 aromatic carbocycles. The van der Waals surface area contributed by atoms with Gasteiger partial charge in [-0.25, -0.2) is 9.97 Å². The molecule has 0 saturated carbocycles. The highest BCUT2D eigenvalue weighted by Gasteiger charge is 2.16. The van der Waals surface area contributed by atoms with E-state index in [2.05, 4.69) is 16.0 Å². The van der Waals surface area contributed by atoms with E-state index in [-0.39, 0.29) is 0 Å². The normalized spacial score (nSPS) is 10.7. The van der Waals surface area contributed by atoms with Gasteiger partial charge in [0.25, 0.3) is 0 Å². The molecular weight excluding hydrogens is 276 g/mol. The summed E-state index contributed by atoms with van der Waals surface area (Å²) in [6, 6.07) is 17.2. The fourth-order valence-corrected chi connectivity index (χ4v) is 2.45. The highest BCUT2D eigenvalue weighted by molar-refractivity contribution is 5.82. The van der Waals surface area contributed by atoms with Gasteiger partial charge in [-0.05, 0) is 30.3 Å². The number of fused-ring (bicyclic) bond motifs is 1.